The number of rotatable bonds is 4. The predicted molar refractivity (Wildman–Crippen MR) is 94.1 cm³/mol. The molecule has 0 bridgehead atoms. The van der Waals surface area contributed by atoms with E-state index in [1.165, 1.54) is 12.1 Å². The Labute approximate surface area is 142 Å². The first-order chi connectivity index (χ1) is 12.1. The van der Waals surface area contributed by atoms with E-state index >= 15 is 0 Å². The summed E-state index contributed by atoms with van der Waals surface area (Å²) < 4.78 is 0. The number of carboxylic acids is 1. The van der Waals surface area contributed by atoms with Crippen LogP contribution in [-0.4, -0.2) is 17.0 Å². The van der Waals surface area contributed by atoms with Crippen LogP contribution in [0.1, 0.15) is 20.7 Å². The van der Waals surface area contributed by atoms with Gasteiger partial charge in [-0.1, -0.05) is 47.6 Å². The Morgan fingerprint density at radius 3 is 2.32 bits per heavy atom. The number of fused-ring (bicyclic) bond motifs is 1. The van der Waals surface area contributed by atoms with Crippen LogP contribution in [0.3, 0.4) is 0 Å². The molecule has 0 aromatic heterocycles. The summed E-state index contributed by atoms with van der Waals surface area (Å²) in [7, 11) is 0. The summed E-state index contributed by atoms with van der Waals surface area (Å²) in [5, 5.41) is 17.0. The molecule has 7 heteroatoms. The number of carbonyl (C=O) groups is 2. The molecule has 122 valence electrons. The van der Waals surface area contributed by atoms with Crippen LogP contribution in [0.25, 0.3) is 21.2 Å². The maximum absolute atomic E-state index is 12.5. The zero-order valence-electron chi connectivity index (χ0n) is 12.9. The molecule has 3 rings (SSSR count). The van der Waals surface area contributed by atoms with E-state index < -0.39 is 11.9 Å². The second-order valence-corrected chi connectivity index (χ2v) is 5.17. The molecule has 0 heterocycles. The molecule has 3 aromatic carbocycles. The van der Waals surface area contributed by atoms with E-state index in [0.29, 0.717) is 22.1 Å². The summed E-state index contributed by atoms with van der Waals surface area (Å²) in [6.45, 7) is 0. The zero-order valence-corrected chi connectivity index (χ0v) is 12.9. The van der Waals surface area contributed by atoms with Gasteiger partial charge < -0.3 is 10.4 Å². The monoisotopic (exact) mass is 332 g/mol. The van der Waals surface area contributed by atoms with Gasteiger partial charge in [-0.05, 0) is 29.1 Å². The number of hydrogen-bond acceptors (Lipinski definition) is 3. The van der Waals surface area contributed by atoms with E-state index in [0.717, 1.165) is 0 Å². The molecule has 0 radical (unpaired) electrons. The summed E-state index contributed by atoms with van der Waals surface area (Å²) in [6.07, 6.45) is 0. The summed E-state index contributed by atoms with van der Waals surface area (Å²) in [5.74, 6) is -1.70. The minimum atomic E-state index is -1.17. The van der Waals surface area contributed by atoms with Crippen molar-refractivity contribution in [1.82, 2.24) is 0 Å². The molecule has 0 aliphatic heterocycles. The van der Waals surface area contributed by atoms with Crippen molar-refractivity contribution >= 4 is 34.0 Å². The van der Waals surface area contributed by atoms with E-state index in [4.69, 9.17) is 5.53 Å². The summed E-state index contributed by atoms with van der Waals surface area (Å²) in [5.41, 5.74) is 9.60. The van der Waals surface area contributed by atoms with Crippen LogP contribution in [0, 0.1) is 0 Å². The van der Waals surface area contributed by atoms with E-state index in [1.807, 2.05) is 0 Å². The highest BCUT2D eigenvalue weighted by molar-refractivity contribution is 6.14. The normalized spacial score (nSPS) is 10.1. The fraction of sp³-hybridized carbons (Fsp3) is 0. The average Bonchev–Trinajstić information content (AvgIpc) is 2.62. The Hall–Kier alpha value is -3.83. The molecule has 0 fully saturated rings. The van der Waals surface area contributed by atoms with Crippen LogP contribution >= 0.6 is 0 Å². The third-order valence-corrected chi connectivity index (χ3v) is 3.70. The maximum atomic E-state index is 12.5. The number of hydrogen-bond donors (Lipinski definition) is 2. The Bertz CT molecular complexity index is 1040. The van der Waals surface area contributed by atoms with Gasteiger partial charge in [-0.3, -0.25) is 4.79 Å². The van der Waals surface area contributed by atoms with E-state index in [1.54, 1.807) is 48.5 Å². The van der Waals surface area contributed by atoms with Gasteiger partial charge in [0.25, 0.3) is 5.91 Å². The fourth-order valence-corrected chi connectivity index (χ4v) is 2.60. The summed E-state index contributed by atoms with van der Waals surface area (Å²) in [4.78, 5) is 26.6. The second kappa shape index (κ2) is 6.74. The van der Waals surface area contributed by atoms with Crippen molar-refractivity contribution in [3.8, 4) is 0 Å². The highest BCUT2D eigenvalue weighted by atomic mass is 16.4. The number of carbonyl (C=O) groups excluding carboxylic acids is 1. The van der Waals surface area contributed by atoms with Crippen LogP contribution < -0.4 is 5.32 Å². The summed E-state index contributed by atoms with van der Waals surface area (Å²) >= 11 is 0. The van der Waals surface area contributed by atoms with E-state index in [2.05, 4.69) is 15.3 Å². The van der Waals surface area contributed by atoms with Gasteiger partial charge in [0.15, 0.2) is 0 Å². The topological polar surface area (TPSA) is 115 Å². The van der Waals surface area contributed by atoms with Crippen molar-refractivity contribution in [3.05, 3.63) is 82.2 Å². The highest BCUT2D eigenvalue weighted by Crippen LogP contribution is 2.31. The Morgan fingerprint density at radius 2 is 1.60 bits per heavy atom. The molecule has 1 amide bonds. The SMILES string of the molecule is [N-]=[N+]=Nc1cccc2c(NC(=O)c3ccccc3C(=O)O)cccc12. The van der Waals surface area contributed by atoms with Gasteiger partial charge in [-0.2, -0.15) is 0 Å². The number of aromatic carboxylic acids is 1. The van der Waals surface area contributed by atoms with Gasteiger partial charge >= 0.3 is 5.97 Å². The number of amides is 1. The van der Waals surface area contributed by atoms with E-state index in [9.17, 15) is 14.7 Å². The second-order valence-electron chi connectivity index (χ2n) is 5.17. The summed E-state index contributed by atoms with van der Waals surface area (Å²) in [6, 6.07) is 16.4. The van der Waals surface area contributed by atoms with Crippen molar-refractivity contribution in [2.75, 3.05) is 5.32 Å². The molecule has 0 unspecified atom stereocenters. The standard InChI is InChI=1S/C18H12N4O3/c19-22-21-16-10-4-7-11-12(16)8-3-9-15(11)20-17(23)13-5-1-2-6-14(13)18(24)25/h1-10H,(H,20,23)(H,24,25). The molecule has 0 spiro atoms. The first-order valence-corrected chi connectivity index (χ1v) is 7.32. The Balaban J connectivity index is 2.04. The predicted octanol–water partition coefficient (Wildman–Crippen LogP) is 4.73. The van der Waals surface area contributed by atoms with Crippen LogP contribution in [0.5, 0.6) is 0 Å². The largest absolute Gasteiger partial charge is 0.478 e. The Kier molecular flexibility index (Phi) is 4.32. The van der Waals surface area contributed by atoms with E-state index in [-0.39, 0.29) is 11.1 Å². The smallest absolute Gasteiger partial charge is 0.336 e. The zero-order chi connectivity index (χ0) is 17.8. The molecule has 0 atom stereocenters. The lowest BCUT2D eigenvalue weighted by Gasteiger charge is -2.11. The molecule has 0 saturated heterocycles. The van der Waals surface area contributed by atoms with Crippen molar-refractivity contribution in [2.45, 2.75) is 0 Å². The van der Waals surface area contributed by atoms with Crippen molar-refractivity contribution in [2.24, 2.45) is 5.11 Å². The molecule has 3 aromatic rings. The third-order valence-electron chi connectivity index (χ3n) is 3.70. The van der Waals surface area contributed by atoms with Gasteiger partial charge in [0.05, 0.1) is 11.1 Å². The molecule has 2 N–H and O–H groups in total. The lowest BCUT2D eigenvalue weighted by Crippen LogP contribution is -2.16. The minimum absolute atomic E-state index is 0.0678. The van der Waals surface area contributed by atoms with Crippen LogP contribution in [0.2, 0.25) is 0 Å². The molecule has 25 heavy (non-hydrogen) atoms. The molecular weight excluding hydrogens is 320 g/mol. The maximum Gasteiger partial charge on any atom is 0.336 e. The van der Waals surface area contributed by atoms with Gasteiger partial charge in [-0.15, -0.1) is 0 Å². The Morgan fingerprint density at radius 1 is 0.920 bits per heavy atom. The molecular formula is C18H12N4O3. The highest BCUT2D eigenvalue weighted by Gasteiger charge is 2.16. The van der Waals surface area contributed by atoms with Crippen molar-refractivity contribution in [3.63, 3.8) is 0 Å². The van der Waals surface area contributed by atoms with Crippen LogP contribution in [0.15, 0.2) is 65.8 Å². The number of nitrogens with one attached hydrogen (secondary N) is 1. The molecule has 0 saturated carbocycles. The molecule has 7 nitrogen and oxygen atoms in total. The first kappa shape index (κ1) is 16.0. The minimum Gasteiger partial charge on any atom is -0.478 e. The van der Waals surface area contributed by atoms with Gasteiger partial charge in [-0.25, -0.2) is 4.79 Å². The van der Waals surface area contributed by atoms with Crippen molar-refractivity contribution in [1.29, 1.82) is 0 Å². The fourth-order valence-electron chi connectivity index (χ4n) is 2.60. The van der Waals surface area contributed by atoms with Crippen molar-refractivity contribution < 1.29 is 14.7 Å². The number of nitrogens with zero attached hydrogens (tertiary/aromatic N) is 3. The number of azide groups is 1. The number of carboxylic acid groups (broad SMARTS) is 1. The molecule has 0 aliphatic rings. The van der Waals surface area contributed by atoms with Gasteiger partial charge in [0.2, 0.25) is 0 Å². The average molecular weight is 332 g/mol. The molecule has 0 aliphatic carbocycles. The van der Waals surface area contributed by atoms with Crippen LogP contribution in [0.4, 0.5) is 11.4 Å². The van der Waals surface area contributed by atoms with Gasteiger partial charge in [0.1, 0.15) is 0 Å². The van der Waals surface area contributed by atoms with Crippen LogP contribution in [-0.2, 0) is 0 Å². The van der Waals surface area contributed by atoms with Gasteiger partial charge in [0, 0.05) is 21.7 Å². The first-order valence-electron chi connectivity index (χ1n) is 7.32. The lowest BCUT2D eigenvalue weighted by molar-refractivity contribution is 0.0692. The lowest BCUT2D eigenvalue weighted by atomic mass is 10.0. The third kappa shape index (κ3) is 3.12. The number of anilines is 1. The quantitative estimate of drug-likeness (QED) is 0.408. The number of benzene rings is 3.